The minimum absolute atomic E-state index is 0.0840. The lowest BCUT2D eigenvalue weighted by Gasteiger charge is -2.52. The first-order chi connectivity index (χ1) is 11.6. The molecular formula is C20H29NO3. The Balaban J connectivity index is 2.05. The molecule has 3 rings (SSSR count). The molecule has 1 amide bonds. The number of para-hydroxylation sites is 1. The first-order valence-electron chi connectivity index (χ1n) is 9.34. The Morgan fingerprint density at radius 1 is 1.29 bits per heavy atom. The molecule has 1 N–H and O–H groups in total. The number of nitrogens with zero attached hydrogens (tertiary/aromatic N) is 1. The number of aliphatic hydroxyl groups is 1. The van der Waals surface area contributed by atoms with E-state index in [9.17, 15) is 9.90 Å². The number of rotatable bonds is 4. The van der Waals surface area contributed by atoms with Crippen LogP contribution >= 0.6 is 0 Å². The number of fused-ring (bicyclic) bond motifs is 1. The van der Waals surface area contributed by atoms with E-state index >= 15 is 0 Å². The molecule has 0 spiro atoms. The molecule has 1 saturated heterocycles. The summed E-state index contributed by atoms with van der Waals surface area (Å²) < 4.78 is 5.84. The fourth-order valence-electron chi connectivity index (χ4n) is 4.56. The highest BCUT2D eigenvalue weighted by molar-refractivity contribution is 5.76. The van der Waals surface area contributed by atoms with Crippen molar-refractivity contribution in [3.63, 3.8) is 0 Å². The molecule has 0 radical (unpaired) electrons. The van der Waals surface area contributed by atoms with Crippen LogP contribution in [-0.4, -0.2) is 34.7 Å². The Hall–Kier alpha value is -1.55. The van der Waals surface area contributed by atoms with E-state index in [1.165, 1.54) is 0 Å². The van der Waals surface area contributed by atoms with E-state index < -0.39 is 5.60 Å². The Kier molecular flexibility index (Phi) is 5.14. The predicted octanol–water partition coefficient (Wildman–Crippen LogP) is 3.69. The van der Waals surface area contributed by atoms with Crippen LogP contribution in [0.3, 0.4) is 0 Å². The first-order valence-corrected chi connectivity index (χ1v) is 9.34. The number of carbonyl (C=O) groups excluding carboxylic acids is 1. The van der Waals surface area contributed by atoms with E-state index in [4.69, 9.17) is 4.74 Å². The molecule has 0 bridgehead atoms. The monoisotopic (exact) mass is 331 g/mol. The molecule has 1 aromatic carbocycles. The number of piperidine rings is 1. The summed E-state index contributed by atoms with van der Waals surface area (Å²) in [5, 5.41) is 11.2. The van der Waals surface area contributed by atoms with Crippen molar-refractivity contribution in [2.45, 2.75) is 64.0 Å². The fourth-order valence-corrected chi connectivity index (χ4v) is 4.56. The average molecular weight is 331 g/mol. The van der Waals surface area contributed by atoms with E-state index in [0.717, 1.165) is 37.0 Å². The van der Waals surface area contributed by atoms with Crippen LogP contribution in [-0.2, 0) is 4.79 Å². The third-order valence-electron chi connectivity index (χ3n) is 5.73. The van der Waals surface area contributed by atoms with Crippen molar-refractivity contribution < 1.29 is 14.6 Å². The molecule has 132 valence electrons. The number of amides is 1. The molecular weight excluding hydrogens is 302 g/mol. The molecule has 0 aromatic heterocycles. The van der Waals surface area contributed by atoms with Crippen molar-refractivity contribution >= 4 is 5.91 Å². The highest BCUT2D eigenvalue weighted by atomic mass is 16.5. The molecule has 2 fully saturated rings. The Bertz CT molecular complexity index is 588. The van der Waals surface area contributed by atoms with Crippen LogP contribution < -0.4 is 4.74 Å². The molecule has 4 nitrogen and oxygen atoms in total. The molecule has 1 aromatic rings. The summed E-state index contributed by atoms with van der Waals surface area (Å²) >= 11 is 0. The minimum Gasteiger partial charge on any atom is -0.494 e. The van der Waals surface area contributed by atoms with Crippen molar-refractivity contribution in [3.05, 3.63) is 29.8 Å². The lowest BCUT2D eigenvalue weighted by atomic mass is 9.66. The van der Waals surface area contributed by atoms with Crippen LogP contribution in [0.25, 0.3) is 0 Å². The van der Waals surface area contributed by atoms with Crippen molar-refractivity contribution in [3.8, 4) is 5.75 Å². The van der Waals surface area contributed by atoms with Crippen molar-refractivity contribution in [1.29, 1.82) is 0 Å². The third-order valence-corrected chi connectivity index (χ3v) is 5.73. The maximum absolute atomic E-state index is 12.6. The number of likely N-dealkylation sites (tertiary alicyclic amines) is 1. The lowest BCUT2D eigenvalue weighted by molar-refractivity contribution is -0.155. The topological polar surface area (TPSA) is 49.8 Å². The second-order valence-corrected chi connectivity index (χ2v) is 7.06. The average Bonchev–Trinajstić information content (AvgIpc) is 2.60. The molecule has 0 unspecified atom stereocenters. The molecule has 2 aliphatic rings. The lowest BCUT2D eigenvalue weighted by Crippen LogP contribution is -2.56. The number of carbonyl (C=O) groups is 1. The summed E-state index contributed by atoms with van der Waals surface area (Å²) in [5.41, 5.74) is 0.401. The van der Waals surface area contributed by atoms with E-state index in [1.807, 2.05) is 36.9 Å². The maximum Gasteiger partial charge on any atom is 0.222 e. The van der Waals surface area contributed by atoms with Gasteiger partial charge in [-0.1, -0.05) is 38.0 Å². The van der Waals surface area contributed by atoms with Crippen LogP contribution in [0, 0.1) is 5.92 Å². The normalized spacial score (nSPS) is 29.9. The van der Waals surface area contributed by atoms with Gasteiger partial charge in [0.25, 0.3) is 0 Å². The summed E-state index contributed by atoms with van der Waals surface area (Å²) in [7, 11) is 0. The minimum atomic E-state index is -0.646. The molecule has 1 saturated carbocycles. The Morgan fingerprint density at radius 2 is 2.08 bits per heavy atom. The molecule has 1 heterocycles. The van der Waals surface area contributed by atoms with Gasteiger partial charge in [-0.3, -0.25) is 4.79 Å². The van der Waals surface area contributed by atoms with E-state index in [1.54, 1.807) is 0 Å². The van der Waals surface area contributed by atoms with Crippen molar-refractivity contribution in [2.75, 3.05) is 13.2 Å². The zero-order valence-electron chi connectivity index (χ0n) is 14.8. The highest BCUT2D eigenvalue weighted by Gasteiger charge is 2.50. The zero-order chi connectivity index (χ0) is 17.2. The van der Waals surface area contributed by atoms with Crippen LogP contribution in [0.2, 0.25) is 0 Å². The van der Waals surface area contributed by atoms with Gasteiger partial charge in [-0.15, -0.1) is 0 Å². The van der Waals surface area contributed by atoms with Gasteiger partial charge < -0.3 is 14.7 Å². The van der Waals surface area contributed by atoms with Crippen LogP contribution in [0.4, 0.5) is 0 Å². The van der Waals surface area contributed by atoms with Crippen molar-refractivity contribution in [2.24, 2.45) is 5.92 Å². The fraction of sp³-hybridized carbons (Fsp3) is 0.650. The van der Waals surface area contributed by atoms with E-state index in [0.29, 0.717) is 26.0 Å². The molecule has 4 heteroatoms. The van der Waals surface area contributed by atoms with Gasteiger partial charge in [0.2, 0.25) is 5.91 Å². The van der Waals surface area contributed by atoms with E-state index in [2.05, 4.69) is 6.07 Å². The number of hydrogen-bond acceptors (Lipinski definition) is 3. The molecule has 1 aliphatic heterocycles. The summed E-state index contributed by atoms with van der Waals surface area (Å²) in [6.45, 7) is 5.12. The van der Waals surface area contributed by atoms with Crippen LogP contribution in [0.15, 0.2) is 24.3 Å². The second kappa shape index (κ2) is 7.14. The largest absolute Gasteiger partial charge is 0.494 e. The van der Waals surface area contributed by atoms with Gasteiger partial charge in [0.05, 0.1) is 18.2 Å². The van der Waals surface area contributed by atoms with Gasteiger partial charge in [0, 0.05) is 24.4 Å². The summed E-state index contributed by atoms with van der Waals surface area (Å²) in [5.74, 6) is 1.10. The standard InChI is InChI=1S/C20H29NO3/c1-3-18(22)21-14-13-20(23)12-8-7-10-16(20)19(21)15-9-5-6-11-17(15)24-4-2/h5-6,9,11,16,19,23H,3-4,7-8,10,12-14H2,1-2H3/t16-,19-,20+/m0/s1. The molecule has 1 aliphatic carbocycles. The quantitative estimate of drug-likeness (QED) is 0.915. The van der Waals surface area contributed by atoms with Gasteiger partial charge in [-0.25, -0.2) is 0 Å². The Labute approximate surface area is 144 Å². The third kappa shape index (κ3) is 3.04. The first kappa shape index (κ1) is 17.3. The zero-order valence-corrected chi connectivity index (χ0v) is 14.8. The highest BCUT2D eigenvalue weighted by Crippen LogP contribution is 2.50. The van der Waals surface area contributed by atoms with Gasteiger partial charge in [-0.05, 0) is 32.3 Å². The van der Waals surface area contributed by atoms with E-state index in [-0.39, 0.29) is 17.9 Å². The molecule has 24 heavy (non-hydrogen) atoms. The second-order valence-electron chi connectivity index (χ2n) is 7.06. The predicted molar refractivity (Wildman–Crippen MR) is 93.9 cm³/mol. The maximum atomic E-state index is 12.6. The van der Waals surface area contributed by atoms with Crippen LogP contribution in [0.5, 0.6) is 5.75 Å². The van der Waals surface area contributed by atoms with Gasteiger partial charge >= 0.3 is 0 Å². The van der Waals surface area contributed by atoms with Crippen LogP contribution in [0.1, 0.15) is 64.0 Å². The number of ether oxygens (including phenoxy) is 1. The number of benzene rings is 1. The van der Waals surface area contributed by atoms with Gasteiger partial charge in [0.1, 0.15) is 5.75 Å². The SMILES string of the molecule is CCOc1ccccc1[C@H]1[C@@H]2CCCC[C@@]2(O)CCN1C(=O)CC. The van der Waals surface area contributed by atoms with Crippen molar-refractivity contribution in [1.82, 2.24) is 4.90 Å². The Morgan fingerprint density at radius 3 is 2.83 bits per heavy atom. The summed E-state index contributed by atoms with van der Waals surface area (Å²) in [4.78, 5) is 14.6. The summed E-state index contributed by atoms with van der Waals surface area (Å²) in [6.07, 6.45) is 5.20. The summed E-state index contributed by atoms with van der Waals surface area (Å²) in [6, 6.07) is 7.93. The van der Waals surface area contributed by atoms with Gasteiger partial charge in [0.15, 0.2) is 0 Å². The molecule has 3 atom stereocenters. The smallest absolute Gasteiger partial charge is 0.222 e. The van der Waals surface area contributed by atoms with Gasteiger partial charge in [-0.2, -0.15) is 0 Å². The number of hydrogen-bond donors (Lipinski definition) is 1.